The number of nitrogens with zero attached hydrogens (tertiary/aromatic N) is 1. The van der Waals surface area contributed by atoms with Gasteiger partial charge in [-0.1, -0.05) is 20.8 Å². The lowest BCUT2D eigenvalue weighted by Gasteiger charge is -2.45. The second-order valence-electron chi connectivity index (χ2n) is 7.07. The summed E-state index contributed by atoms with van der Waals surface area (Å²) in [5, 5.41) is 3.75. The molecule has 0 saturated carbocycles. The van der Waals surface area contributed by atoms with Crippen LogP contribution in [0.2, 0.25) is 0 Å². The average molecular weight is 238 g/mol. The summed E-state index contributed by atoms with van der Waals surface area (Å²) in [4.78, 5) is 2.71. The van der Waals surface area contributed by atoms with Crippen molar-refractivity contribution in [3.63, 3.8) is 0 Å². The van der Waals surface area contributed by atoms with Gasteiger partial charge >= 0.3 is 0 Å². The van der Waals surface area contributed by atoms with Gasteiger partial charge in [-0.05, 0) is 57.0 Å². The fraction of sp³-hybridized carbons (Fsp3) is 1.00. The molecule has 2 nitrogen and oxygen atoms in total. The van der Waals surface area contributed by atoms with Crippen molar-refractivity contribution in [1.29, 1.82) is 0 Å². The fourth-order valence-corrected chi connectivity index (χ4v) is 3.54. The van der Waals surface area contributed by atoms with Crippen molar-refractivity contribution in [2.75, 3.05) is 19.6 Å². The summed E-state index contributed by atoms with van der Waals surface area (Å²) in [6.45, 7) is 13.4. The van der Waals surface area contributed by atoms with E-state index in [1.54, 1.807) is 0 Å². The summed E-state index contributed by atoms with van der Waals surface area (Å²) in [7, 11) is 0. The molecular formula is C15H30N2. The van der Waals surface area contributed by atoms with E-state index < -0.39 is 0 Å². The van der Waals surface area contributed by atoms with Crippen LogP contribution in [-0.2, 0) is 0 Å². The molecule has 0 radical (unpaired) electrons. The molecule has 0 aromatic carbocycles. The van der Waals surface area contributed by atoms with Crippen molar-refractivity contribution in [2.45, 2.75) is 65.5 Å². The van der Waals surface area contributed by atoms with Gasteiger partial charge in [0.25, 0.3) is 0 Å². The quantitative estimate of drug-likeness (QED) is 0.796. The maximum Gasteiger partial charge on any atom is 0.0246 e. The largest absolute Gasteiger partial charge is 0.312 e. The molecule has 0 aliphatic carbocycles. The number of nitrogens with one attached hydrogen (secondary N) is 1. The average Bonchev–Trinajstić information content (AvgIpc) is 2.24. The molecule has 0 bridgehead atoms. The predicted octanol–water partition coefficient (Wildman–Crippen LogP) is 2.89. The standard InChI is InChI=1S/C15H30N2/c1-12-6-9-17(13(2)10-12)11-14-15(3,4)7-5-8-16-14/h12-14,16H,5-11H2,1-4H3. The van der Waals surface area contributed by atoms with Crippen LogP contribution >= 0.6 is 0 Å². The zero-order chi connectivity index (χ0) is 12.5. The molecule has 2 saturated heterocycles. The monoisotopic (exact) mass is 238 g/mol. The molecule has 2 aliphatic heterocycles. The number of rotatable bonds is 2. The van der Waals surface area contributed by atoms with Crippen molar-refractivity contribution >= 4 is 0 Å². The summed E-state index contributed by atoms with van der Waals surface area (Å²) >= 11 is 0. The Labute approximate surface area is 107 Å². The van der Waals surface area contributed by atoms with Crippen LogP contribution in [0, 0.1) is 11.3 Å². The van der Waals surface area contributed by atoms with Gasteiger partial charge in [0.2, 0.25) is 0 Å². The number of likely N-dealkylation sites (tertiary alicyclic amines) is 1. The number of hydrogen-bond donors (Lipinski definition) is 1. The van der Waals surface area contributed by atoms with E-state index in [2.05, 4.69) is 37.9 Å². The minimum Gasteiger partial charge on any atom is -0.312 e. The van der Waals surface area contributed by atoms with Gasteiger partial charge in [-0.25, -0.2) is 0 Å². The third-order valence-corrected chi connectivity index (χ3v) is 5.02. The predicted molar refractivity (Wildman–Crippen MR) is 74.2 cm³/mol. The molecule has 2 heteroatoms. The van der Waals surface area contributed by atoms with Crippen molar-refractivity contribution in [1.82, 2.24) is 10.2 Å². The number of hydrogen-bond acceptors (Lipinski definition) is 2. The van der Waals surface area contributed by atoms with Gasteiger partial charge < -0.3 is 5.32 Å². The van der Waals surface area contributed by atoms with Crippen LogP contribution in [0.15, 0.2) is 0 Å². The molecule has 2 fully saturated rings. The molecule has 0 amide bonds. The first-order valence-corrected chi connectivity index (χ1v) is 7.46. The van der Waals surface area contributed by atoms with E-state index >= 15 is 0 Å². The van der Waals surface area contributed by atoms with Gasteiger partial charge in [0.05, 0.1) is 0 Å². The Morgan fingerprint density at radius 1 is 1.29 bits per heavy atom. The summed E-state index contributed by atoms with van der Waals surface area (Å²) in [6.07, 6.45) is 5.49. The second-order valence-corrected chi connectivity index (χ2v) is 7.07. The van der Waals surface area contributed by atoms with E-state index in [0.29, 0.717) is 11.5 Å². The molecule has 2 rings (SSSR count). The molecule has 3 unspecified atom stereocenters. The molecule has 3 atom stereocenters. The van der Waals surface area contributed by atoms with Gasteiger partial charge in [-0.3, -0.25) is 4.90 Å². The Morgan fingerprint density at radius 3 is 2.71 bits per heavy atom. The topological polar surface area (TPSA) is 15.3 Å². The summed E-state index contributed by atoms with van der Waals surface area (Å²) in [5.41, 5.74) is 0.473. The van der Waals surface area contributed by atoms with E-state index in [1.165, 1.54) is 45.3 Å². The maximum atomic E-state index is 3.75. The Balaban J connectivity index is 1.91. The summed E-state index contributed by atoms with van der Waals surface area (Å²) < 4.78 is 0. The van der Waals surface area contributed by atoms with Crippen LogP contribution in [0.4, 0.5) is 0 Å². The Morgan fingerprint density at radius 2 is 2.06 bits per heavy atom. The lowest BCUT2D eigenvalue weighted by Crippen LogP contribution is -2.55. The van der Waals surface area contributed by atoms with E-state index in [1.807, 2.05) is 0 Å². The molecule has 0 spiro atoms. The minimum atomic E-state index is 0.473. The van der Waals surface area contributed by atoms with Gasteiger partial charge in [0.15, 0.2) is 0 Å². The van der Waals surface area contributed by atoms with Crippen LogP contribution in [0.25, 0.3) is 0 Å². The molecular weight excluding hydrogens is 208 g/mol. The first-order valence-electron chi connectivity index (χ1n) is 7.46. The Hall–Kier alpha value is -0.0800. The zero-order valence-electron chi connectivity index (χ0n) is 12.1. The van der Waals surface area contributed by atoms with Gasteiger partial charge in [0, 0.05) is 18.6 Å². The van der Waals surface area contributed by atoms with Crippen LogP contribution in [0.3, 0.4) is 0 Å². The Bertz CT molecular complexity index is 249. The molecule has 0 aromatic rings. The van der Waals surface area contributed by atoms with Crippen molar-refractivity contribution < 1.29 is 0 Å². The summed E-state index contributed by atoms with van der Waals surface area (Å²) in [5.74, 6) is 0.925. The first kappa shape index (κ1) is 13.4. The summed E-state index contributed by atoms with van der Waals surface area (Å²) in [6, 6.07) is 1.46. The highest BCUT2D eigenvalue weighted by atomic mass is 15.2. The Kier molecular flexibility index (Phi) is 4.14. The lowest BCUT2D eigenvalue weighted by atomic mass is 9.77. The third-order valence-electron chi connectivity index (χ3n) is 5.02. The lowest BCUT2D eigenvalue weighted by molar-refractivity contribution is 0.0731. The van der Waals surface area contributed by atoms with Gasteiger partial charge in [-0.15, -0.1) is 0 Å². The first-order chi connectivity index (χ1) is 7.99. The minimum absolute atomic E-state index is 0.473. The highest BCUT2D eigenvalue weighted by Gasteiger charge is 2.34. The molecule has 2 aliphatic rings. The normalized spacial score (nSPS) is 39.2. The van der Waals surface area contributed by atoms with E-state index in [9.17, 15) is 0 Å². The molecule has 2 heterocycles. The van der Waals surface area contributed by atoms with E-state index in [-0.39, 0.29) is 0 Å². The van der Waals surface area contributed by atoms with Crippen LogP contribution in [-0.4, -0.2) is 36.6 Å². The van der Waals surface area contributed by atoms with Crippen molar-refractivity contribution in [3.05, 3.63) is 0 Å². The zero-order valence-corrected chi connectivity index (χ0v) is 12.1. The van der Waals surface area contributed by atoms with Gasteiger partial charge in [-0.2, -0.15) is 0 Å². The van der Waals surface area contributed by atoms with Crippen molar-refractivity contribution in [2.24, 2.45) is 11.3 Å². The van der Waals surface area contributed by atoms with Gasteiger partial charge in [0.1, 0.15) is 0 Å². The molecule has 0 aromatic heterocycles. The van der Waals surface area contributed by atoms with Crippen LogP contribution < -0.4 is 5.32 Å². The fourth-order valence-electron chi connectivity index (χ4n) is 3.54. The van der Waals surface area contributed by atoms with E-state index in [4.69, 9.17) is 0 Å². The molecule has 17 heavy (non-hydrogen) atoms. The molecule has 100 valence electrons. The highest BCUT2D eigenvalue weighted by molar-refractivity contribution is 4.92. The third kappa shape index (κ3) is 3.23. The maximum absolute atomic E-state index is 3.75. The smallest absolute Gasteiger partial charge is 0.0246 e. The van der Waals surface area contributed by atoms with E-state index in [0.717, 1.165) is 12.0 Å². The SMILES string of the molecule is CC1CCN(CC2NCCCC2(C)C)C(C)C1. The molecule has 1 N–H and O–H groups in total. The van der Waals surface area contributed by atoms with Crippen molar-refractivity contribution in [3.8, 4) is 0 Å². The van der Waals surface area contributed by atoms with Crippen LogP contribution in [0.1, 0.15) is 53.4 Å². The highest BCUT2D eigenvalue weighted by Crippen LogP contribution is 2.32. The second kappa shape index (κ2) is 5.27. The number of piperidine rings is 2. The van der Waals surface area contributed by atoms with Crippen LogP contribution in [0.5, 0.6) is 0 Å².